The Hall–Kier alpha value is -0.570. The number of unbranched alkanes of at least 4 members (excludes halogenated alkanes) is 4. The first-order chi connectivity index (χ1) is 9.76. The summed E-state index contributed by atoms with van der Waals surface area (Å²) >= 11 is 0. The Labute approximate surface area is 124 Å². The van der Waals surface area contributed by atoms with E-state index in [0.29, 0.717) is 11.3 Å². The number of nitrogens with zero attached hydrogens (tertiary/aromatic N) is 1. The van der Waals surface area contributed by atoms with Gasteiger partial charge in [-0.15, -0.1) is 0 Å². The lowest BCUT2D eigenvalue weighted by Gasteiger charge is -2.45. The van der Waals surface area contributed by atoms with Crippen LogP contribution in [0.15, 0.2) is 0 Å². The van der Waals surface area contributed by atoms with E-state index >= 15 is 0 Å². The Morgan fingerprint density at radius 3 is 2.70 bits per heavy atom. The highest BCUT2D eigenvalue weighted by atomic mass is 16.2. The molecule has 1 spiro atoms. The number of carbonyl (C=O) groups is 1. The summed E-state index contributed by atoms with van der Waals surface area (Å²) in [6.45, 7) is 6.51. The summed E-state index contributed by atoms with van der Waals surface area (Å²) in [5.41, 5.74) is 0.397. The van der Waals surface area contributed by atoms with Crippen molar-refractivity contribution in [3.05, 3.63) is 0 Å². The molecule has 2 fully saturated rings. The second kappa shape index (κ2) is 8.02. The highest BCUT2D eigenvalue weighted by Crippen LogP contribution is 2.36. The van der Waals surface area contributed by atoms with E-state index in [1.54, 1.807) is 0 Å². The number of piperidine rings is 2. The van der Waals surface area contributed by atoms with Gasteiger partial charge >= 0.3 is 0 Å². The van der Waals surface area contributed by atoms with E-state index in [-0.39, 0.29) is 0 Å². The molecule has 2 rings (SSSR count). The summed E-state index contributed by atoms with van der Waals surface area (Å²) in [5.74, 6) is 0.408. The van der Waals surface area contributed by atoms with Gasteiger partial charge in [0.15, 0.2) is 0 Å². The maximum Gasteiger partial charge on any atom is 0.222 e. The number of amides is 1. The Balaban J connectivity index is 1.72. The van der Waals surface area contributed by atoms with Gasteiger partial charge in [-0.25, -0.2) is 0 Å². The summed E-state index contributed by atoms with van der Waals surface area (Å²) in [5, 5.41) is 3.53. The topological polar surface area (TPSA) is 32.3 Å². The first-order valence-electron chi connectivity index (χ1n) is 8.74. The van der Waals surface area contributed by atoms with E-state index in [1.807, 2.05) is 0 Å². The minimum absolute atomic E-state index is 0.397. The van der Waals surface area contributed by atoms with Crippen molar-refractivity contribution in [1.82, 2.24) is 10.2 Å². The maximum absolute atomic E-state index is 12.4. The number of carbonyl (C=O) groups excluding carboxylic acids is 1. The molecule has 0 saturated carbocycles. The number of hydrogen-bond acceptors (Lipinski definition) is 2. The van der Waals surface area contributed by atoms with Crippen LogP contribution in [-0.2, 0) is 4.79 Å². The van der Waals surface area contributed by atoms with Crippen molar-refractivity contribution in [1.29, 1.82) is 0 Å². The normalized spacial score (nSPS) is 26.9. The van der Waals surface area contributed by atoms with Gasteiger partial charge in [-0.05, 0) is 38.6 Å². The molecule has 1 amide bonds. The molecule has 3 nitrogen and oxygen atoms in total. The summed E-state index contributed by atoms with van der Waals surface area (Å²) in [4.78, 5) is 14.5. The molecule has 1 atom stereocenters. The Morgan fingerprint density at radius 2 is 1.95 bits per heavy atom. The summed E-state index contributed by atoms with van der Waals surface area (Å²) < 4.78 is 0. The Morgan fingerprint density at radius 1 is 1.15 bits per heavy atom. The number of rotatable bonds is 6. The molecular weight excluding hydrogens is 248 g/mol. The number of likely N-dealkylation sites (tertiary alicyclic amines) is 1. The highest BCUT2D eigenvalue weighted by Gasteiger charge is 2.37. The molecule has 1 unspecified atom stereocenters. The lowest BCUT2D eigenvalue weighted by Crippen LogP contribution is -2.52. The number of hydrogen-bond donors (Lipinski definition) is 1. The van der Waals surface area contributed by atoms with Gasteiger partial charge in [0.05, 0.1) is 0 Å². The molecule has 0 bridgehead atoms. The summed E-state index contributed by atoms with van der Waals surface area (Å²) in [6, 6.07) is 0. The van der Waals surface area contributed by atoms with E-state index in [1.165, 1.54) is 51.4 Å². The molecule has 20 heavy (non-hydrogen) atoms. The first-order valence-corrected chi connectivity index (χ1v) is 8.74. The van der Waals surface area contributed by atoms with E-state index in [2.05, 4.69) is 17.1 Å². The largest absolute Gasteiger partial charge is 0.342 e. The summed E-state index contributed by atoms with van der Waals surface area (Å²) in [7, 11) is 0. The van der Waals surface area contributed by atoms with Gasteiger partial charge in [0.2, 0.25) is 5.91 Å². The van der Waals surface area contributed by atoms with Crippen LogP contribution in [0.2, 0.25) is 0 Å². The van der Waals surface area contributed by atoms with Crippen LogP contribution < -0.4 is 5.32 Å². The van der Waals surface area contributed by atoms with Gasteiger partial charge in [-0.3, -0.25) is 4.79 Å². The van der Waals surface area contributed by atoms with Gasteiger partial charge < -0.3 is 10.2 Å². The van der Waals surface area contributed by atoms with E-state index in [9.17, 15) is 4.79 Å². The molecule has 2 aliphatic heterocycles. The van der Waals surface area contributed by atoms with Gasteiger partial charge in [-0.2, -0.15) is 0 Å². The van der Waals surface area contributed by atoms with Crippen molar-refractivity contribution in [2.45, 2.75) is 71.1 Å². The third-order valence-corrected chi connectivity index (χ3v) is 5.07. The second-order valence-corrected chi connectivity index (χ2v) is 6.86. The van der Waals surface area contributed by atoms with Crippen LogP contribution in [0.4, 0.5) is 0 Å². The minimum atomic E-state index is 0.397. The average Bonchev–Trinajstić information content (AvgIpc) is 2.48. The van der Waals surface area contributed by atoms with Crippen molar-refractivity contribution in [2.75, 3.05) is 26.2 Å². The zero-order valence-electron chi connectivity index (χ0n) is 13.3. The van der Waals surface area contributed by atoms with Crippen LogP contribution in [0.3, 0.4) is 0 Å². The molecule has 0 aliphatic carbocycles. The van der Waals surface area contributed by atoms with E-state index in [4.69, 9.17) is 0 Å². The molecule has 0 aromatic heterocycles. The minimum Gasteiger partial charge on any atom is -0.342 e. The molecule has 116 valence electrons. The quantitative estimate of drug-likeness (QED) is 0.757. The van der Waals surface area contributed by atoms with Gasteiger partial charge in [0.25, 0.3) is 0 Å². The zero-order valence-corrected chi connectivity index (χ0v) is 13.3. The molecule has 0 radical (unpaired) electrons. The van der Waals surface area contributed by atoms with Crippen molar-refractivity contribution in [3.8, 4) is 0 Å². The van der Waals surface area contributed by atoms with Crippen molar-refractivity contribution in [3.63, 3.8) is 0 Å². The zero-order chi connectivity index (χ0) is 14.3. The third kappa shape index (κ3) is 4.47. The SMILES string of the molecule is CCCCCCCC(=O)N1CCCC2(CCCNC2)C1. The van der Waals surface area contributed by atoms with Crippen molar-refractivity contribution >= 4 is 5.91 Å². The van der Waals surface area contributed by atoms with Crippen LogP contribution in [-0.4, -0.2) is 37.0 Å². The summed E-state index contributed by atoms with van der Waals surface area (Å²) in [6.07, 6.45) is 12.0. The van der Waals surface area contributed by atoms with Crippen molar-refractivity contribution < 1.29 is 4.79 Å². The van der Waals surface area contributed by atoms with Gasteiger partial charge in [0, 0.05) is 31.5 Å². The smallest absolute Gasteiger partial charge is 0.222 e. The van der Waals surface area contributed by atoms with Crippen LogP contribution in [0, 0.1) is 5.41 Å². The fraction of sp³-hybridized carbons (Fsp3) is 0.941. The fourth-order valence-electron chi connectivity index (χ4n) is 3.84. The molecule has 0 aromatic carbocycles. The Bertz CT molecular complexity index is 292. The monoisotopic (exact) mass is 280 g/mol. The van der Waals surface area contributed by atoms with Crippen LogP contribution in [0.25, 0.3) is 0 Å². The van der Waals surface area contributed by atoms with Gasteiger partial charge in [0.1, 0.15) is 0 Å². The Kier molecular flexibility index (Phi) is 6.34. The van der Waals surface area contributed by atoms with Crippen molar-refractivity contribution in [2.24, 2.45) is 5.41 Å². The lowest BCUT2D eigenvalue weighted by molar-refractivity contribution is -0.135. The molecule has 2 heterocycles. The molecular formula is C17H32N2O. The third-order valence-electron chi connectivity index (χ3n) is 5.07. The molecule has 3 heteroatoms. The maximum atomic E-state index is 12.4. The van der Waals surface area contributed by atoms with Gasteiger partial charge in [-0.1, -0.05) is 32.6 Å². The number of nitrogens with one attached hydrogen (secondary N) is 1. The second-order valence-electron chi connectivity index (χ2n) is 6.86. The van der Waals surface area contributed by atoms with Crippen LogP contribution >= 0.6 is 0 Å². The van der Waals surface area contributed by atoms with Crippen LogP contribution in [0.1, 0.15) is 71.1 Å². The molecule has 2 aliphatic rings. The predicted octanol–water partition coefficient (Wildman–Crippen LogP) is 3.34. The molecule has 0 aromatic rings. The van der Waals surface area contributed by atoms with E-state index < -0.39 is 0 Å². The predicted molar refractivity (Wildman–Crippen MR) is 83.7 cm³/mol. The first kappa shape index (κ1) is 15.8. The molecule has 1 N–H and O–H groups in total. The average molecular weight is 280 g/mol. The molecule has 2 saturated heterocycles. The van der Waals surface area contributed by atoms with Crippen LogP contribution in [0.5, 0.6) is 0 Å². The standard InChI is InChI=1S/C17H32N2O/c1-2-3-4-5-6-9-16(20)19-13-8-11-17(15-19)10-7-12-18-14-17/h18H,2-15H2,1H3. The highest BCUT2D eigenvalue weighted by molar-refractivity contribution is 5.76. The fourth-order valence-corrected chi connectivity index (χ4v) is 3.84. The lowest BCUT2D eigenvalue weighted by atomic mass is 9.74. The van der Waals surface area contributed by atoms with E-state index in [0.717, 1.165) is 39.0 Å².